The van der Waals surface area contributed by atoms with Gasteiger partial charge >= 0.3 is 5.97 Å². The zero-order chi connectivity index (χ0) is 14.1. The van der Waals surface area contributed by atoms with Crippen LogP contribution in [0.3, 0.4) is 0 Å². The molecule has 3 rings (SSSR count). The summed E-state index contributed by atoms with van der Waals surface area (Å²) in [7, 11) is 0. The number of imidazole rings is 1. The second kappa shape index (κ2) is 5.26. The van der Waals surface area contributed by atoms with Crippen LogP contribution in [-0.4, -0.2) is 15.4 Å². The number of fused-ring (bicyclic) bond motifs is 1. The minimum Gasteiger partial charge on any atom is -0.456 e. The first kappa shape index (κ1) is 13.1. The van der Waals surface area contributed by atoms with Crippen molar-refractivity contribution in [2.45, 2.75) is 13.5 Å². The van der Waals surface area contributed by atoms with E-state index in [0.717, 1.165) is 11.1 Å². The third kappa shape index (κ3) is 2.42. The van der Waals surface area contributed by atoms with E-state index in [1.54, 1.807) is 10.6 Å². The average Bonchev–Trinajstić information content (AvgIpc) is 2.95. The average molecular weight is 307 g/mol. The van der Waals surface area contributed by atoms with E-state index in [-0.39, 0.29) is 17.5 Å². The van der Waals surface area contributed by atoms with Gasteiger partial charge in [0.2, 0.25) is 0 Å². The summed E-state index contributed by atoms with van der Waals surface area (Å²) in [6.07, 6.45) is 1.75. The standard InChI is InChI=1S/C14H11ClN2O2S/c1-9-3-2-4-10(7-9)8-19-13(18)11-12(15)16-14-17(11)5-6-20-14/h2-7H,8H2,1H3. The predicted molar refractivity (Wildman–Crippen MR) is 78.4 cm³/mol. The number of rotatable bonds is 3. The molecule has 0 unspecified atom stereocenters. The quantitative estimate of drug-likeness (QED) is 0.693. The summed E-state index contributed by atoms with van der Waals surface area (Å²) in [4.78, 5) is 16.9. The molecule has 4 nitrogen and oxygen atoms in total. The molecule has 20 heavy (non-hydrogen) atoms. The molecule has 0 N–H and O–H groups in total. The number of nitrogens with zero attached hydrogens (tertiary/aromatic N) is 2. The molecule has 0 atom stereocenters. The number of carbonyl (C=O) groups is 1. The lowest BCUT2D eigenvalue weighted by Gasteiger charge is -2.05. The van der Waals surface area contributed by atoms with Gasteiger partial charge in [-0.25, -0.2) is 9.78 Å². The Labute approximate surface area is 124 Å². The van der Waals surface area contributed by atoms with Gasteiger partial charge in [-0.3, -0.25) is 4.40 Å². The lowest BCUT2D eigenvalue weighted by atomic mass is 10.1. The zero-order valence-electron chi connectivity index (χ0n) is 10.7. The molecule has 102 valence electrons. The van der Waals surface area contributed by atoms with E-state index in [2.05, 4.69) is 4.98 Å². The van der Waals surface area contributed by atoms with Crippen molar-refractivity contribution in [1.82, 2.24) is 9.38 Å². The number of hydrogen-bond acceptors (Lipinski definition) is 4. The second-order valence-corrected chi connectivity index (χ2v) is 5.60. The van der Waals surface area contributed by atoms with E-state index < -0.39 is 5.97 Å². The van der Waals surface area contributed by atoms with E-state index in [4.69, 9.17) is 16.3 Å². The Kier molecular flexibility index (Phi) is 3.46. The van der Waals surface area contributed by atoms with Gasteiger partial charge in [0.15, 0.2) is 15.8 Å². The van der Waals surface area contributed by atoms with E-state index in [1.165, 1.54) is 11.3 Å². The minimum absolute atomic E-state index is 0.172. The maximum Gasteiger partial charge on any atom is 0.358 e. The highest BCUT2D eigenvalue weighted by Crippen LogP contribution is 2.22. The molecule has 2 heterocycles. The Bertz CT molecular complexity index is 778. The second-order valence-electron chi connectivity index (χ2n) is 4.37. The maximum atomic E-state index is 12.1. The van der Waals surface area contributed by atoms with Crippen LogP contribution < -0.4 is 0 Å². The number of hydrogen-bond donors (Lipinski definition) is 0. The maximum absolute atomic E-state index is 12.1. The van der Waals surface area contributed by atoms with Gasteiger partial charge in [-0.2, -0.15) is 0 Å². The number of aromatic nitrogens is 2. The number of aryl methyl sites for hydroxylation is 1. The highest BCUT2D eigenvalue weighted by Gasteiger charge is 2.20. The zero-order valence-corrected chi connectivity index (χ0v) is 12.2. The van der Waals surface area contributed by atoms with Crippen molar-refractivity contribution in [3.05, 3.63) is 57.8 Å². The molecule has 0 saturated carbocycles. The van der Waals surface area contributed by atoms with E-state index in [9.17, 15) is 4.79 Å². The molecule has 0 bridgehead atoms. The van der Waals surface area contributed by atoms with Crippen LogP contribution in [0.2, 0.25) is 5.15 Å². The van der Waals surface area contributed by atoms with Crippen LogP contribution >= 0.6 is 22.9 Å². The number of ether oxygens (including phenoxy) is 1. The van der Waals surface area contributed by atoms with Crippen LogP contribution in [-0.2, 0) is 11.3 Å². The molecule has 0 amide bonds. The Balaban J connectivity index is 1.79. The van der Waals surface area contributed by atoms with Gasteiger partial charge in [0.05, 0.1) is 0 Å². The summed E-state index contributed by atoms with van der Waals surface area (Å²) in [6, 6.07) is 7.82. The summed E-state index contributed by atoms with van der Waals surface area (Å²) in [5.41, 5.74) is 2.34. The van der Waals surface area contributed by atoms with Crippen LogP contribution in [0.15, 0.2) is 35.8 Å². The molecule has 0 fully saturated rings. The van der Waals surface area contributed by atoms with Crippen molar-refractivity contribution >= 4 is 33.9 Å². The Hall–Kier alpha value is -1.85. The van der Waals surface area contributed by atoms with Gasteiger partial charge in [0.25, 0.3) is 0 Å². The van der Waals surface area contributed by atoms with Crippen LogP contribution in [0, 0.1) is 6.92 Å². The fraction of sp³-hybridized carbons (Fsp3) is 0.143. The SMILES string of the molecule is Cc1cccc(COC(=O)c2c(Cl)nc3sccn23)c1. The highest BCUT2D eigenvalue weighted by molar-refractivity contribution is 7.15. The molecule has 6 heteroatoms. The predicted octanol–water partition coefficient (Wildman–Crippen LogP) is 3.71. The molecule has 0 aliphatic rings. The van der Waals surface area contributed by atoms with Crippen molar-refractivity contribution < 1.29 is 9.53 Å². The Morgan fingerprint density at radius 3 is 3.15 bits per heavy atom. The monoisotopic (exact) mass is 306 g/mol. The Morgan fingerprint density at radius 2 is 2.35 bits per heavy atom. The topological polar surface area (TPSA) is 43.6 Å². The first-order valence-corrected chi connectivity index (χ1v) is 7.24. The van der Waals surface area contributed by atoms with E-state index >= 15 is 0 Å². The molecule has 2 aromatic heterocycles. The number of halogens is 1. The van der Waals surface area contributed by atoms with Crippen LogP contribution in [0.5, 0.6) is 0 Å². The molecule has 3 aromatic rings. The Morgan fingerprint density at radius 1 is 1.50 bits per heavy atom. The number of thiazole rings is 1. The smallest absolute Gasteiger partial charge is 0.358 e. The summed E-state index contributed by atoms with van der Waals surface area (Å²) >= 11 is 7.40. The van der Waals surface area contributed by atoms with Crippen molar-refractivity contribution in [3.8, 4) is 0 Å². The fourth-order valence-electron chi connectivity index (χ4n) is 1.96. The van der Waals surface area contributed by atoms with Crippen molar-refractivity contribution in [1.29, 1.82) is 0 Å². The van der Waals surface area contributed by atoms with Crippen LogP contribution in [0.4, 0.5) is 0 Å². The summed E-state index contributed by atoms with van der Waals surface area (Å²) < 4.78 is 6.95. The summed E-state index contributed by atoms with van der Waals surface area (Å²) in [6.45, 7) is 2.21. The molecule has 0 spiro atoms. The van der Waals surface area contributed by atoms with Crippen LogP contribution in [0.25, 0.3) is 4.96 Å². The molecule has 0 saturated heterocycles. The molecule has 0 aliphatic heterocycles. The van der Waals surface area contributed by atoms with Crippen LogP contribution in [0.1, 0.15) is 21.6 Å². The first-order chi connectivity index (χ1) is 9.65. The largest absolute Gasteiger partial charge is 0.456 e. The summed E-state index contributed by atoms with van der Waals surface area (Å²) in [5.74, 6) is -0.470. The normalized spacial score (nSPS) is 10.9. The van der Waals surface area contributed by atoms with Crippen molar-refractivity contribution in [2.24, 2.45) is 0 Å². The molecular formula is C14H11ClN2O2S. The van der Waals surface area contributed by atoms with Crippen molar-refractivity contribution in [3.63, 3.8) is 0 Å². The van der Waals surface area contributed by atoms with Crippen molar-refractivity contribution in [2.75, 3.05) is 0 Å². The third-order valence-corrected chi connectivity index (χ3v) is 3.89. The number of esters is 1. The number of carbonyl (C=O) groups excluding carboxylic acids is 1. The van der Waals surface area contributed by atoms with Gasteiger partial charge < -0.3 is 4.74 Å². The van der Waals surface area contributed by atoms with Gasteiger partial charge in [-0.05, 0) is 12.5 Å². The van der Waals surface area contributed by atoms with Gasteiger partial charge in [-0.1, -0.05) is 41.4 Å². The van der Waals surface area contributed by atoms with E-state index in [1.807, 2.05) is 36.6 Å². The third-order valence-electron chi connectivity index (χ3n) is 2.87. The van der Waals surface area contributed by atoms with Gasteiger partial charge in [0.1, 0.15) is 6.61 Å². The lowest BCUT2D eigenvalue weighted by Crippen LogP contribution is -2.08. The van der Waals surface area contributed by atoms with E-state index in [0.29, 0.717) is 4.96 Å². The molecule has 0 radical (unpaired) electrons. The molecule has 1 aromatic carbocycles. The number of benzene rings is 1. The minimum atomic E-state index is -0.470. The van der Waals surface area contributed by atoms with Gasteiger partial charge in [-0.15, -0.1) is 11.3 Å². The molecular weight excluding hydrogens is 296 g/mol. The first-order valence-electron chi connectivity index (χ1n) is 5.99. The van der Waals surface area contributed by atoms with Gasteiger partial charge in [0, 0.05) is 11.6 Å². The molecule has 0 aliphatic carbocycles. The fourth-order valence-corrected chi connectivity index (χ4v) is 2.97. The summed E-state index contributed by atoms with van der Waals surface area (Å²) in [5, 5.41) is 2.02. The lowest BCUT2D eigenvalue weighted by molar-refractivity contribution is 0.0464. The highest BCUT2D eigenvalue weighted by atomic mass is 35.5.